The van der Waals surface area contributed by atoms with E-state index in [1.807, 2.05) is 4.90 Å². The summed E-state index contributed by atoms with van der Waals surface area (Å²) in [5.41, 5.74) is 0. The fourth-order valence-corrected chi connectivity index (χ4v) is 2.90. The maximum Gasteiger partial charge on any atom is 0.277 e. The summed E-state index contributed by atoms with van der Waals surface area (Å²) in [7, 11) is -3.34. The van der Waals surface area contributed by atoms with Crippen LogP contribution in [0.5, 0.6) is 0 Å². The molecule has 0 radical (unpaired) electrons. The zero-order chi connectivity index (χ0) is 12.0. The highest BCUT2D eigenvalue weighted by atomic mass is 32.2. The van der Waals surface area contributed by atoms with Gasteiger partial charge in [0, 0.05) is 25.7 Å². The van der Waals surface area contributed by atoms with Crippen LogP contribution >= 0.6 is 0 Å². The van der Waals surface area contributed by atoms with Crippen LogP contribution in [0.15, 0.2) is 0 Å². The van der Waals surface area contributed by atoms with Gasteiger partial charge in [-0.3, -0.25) is 4.90 Å². The second-order valence-corrected chi connectivity index (χ2v) is 5.36. The number of likely N-dealkylation sites (tertiary alicyclic amines) is 1. The van der Waals surface area contributed by atoms with E-state index in [9.17, 15) is 8.42 Å². The third-order valence-corrected chi connectivity index (χ3v) is 3.85. The Bertz CT molecular complexity index is 341. The van der Waals surface area contributed by atoms with Crippen molar-refractivity contribution >= 4 is 10.2 Å². The van der Waals surface area contributed by atoms with Gasteiger partial charge in [0.1, 0.15) is 0 Å². The Labute approximate surface area is 96.8 Å². The summed E-state index contributed by atoms with van der Waals surface area (Å²) in [6.07, 6.45) is 1.51. The predicted molar refractivity (Wildman–Crippen MR) is 60.8 cm³/mol. The molecule has 0 amide bonds. The highest BCUT2D eigenvalue weighted by molar-refractivity contribution is 7.87. The van der Waals surface area contributed by atoms with Crippen molar-refractivity contribution in [1.29, 1.82) is 5.26 Å². The molecule has 1 aliphatic heterocycles. The minimum atomic E-state index is -3.34. The lowest BCUT2D eigenvalue weighted by molar-refractivity contribution is 0.228. The maximum atomic E-state index is 11.4. The third kappa shape index (κ3) is 4.45. The molecule has 0 bridgehead atoms. The van der Waals surface area contributed by atoms with Crippen molar-refractivity contribution in [3.8, 4) is 6.07 Å². The van der Waals surface area contributed by atoms with Crippen molar-refractivity contribution in [3.63, 3.8) is 0 Å². The first-order chi connectivity index (χ1) is 7.57. The molecule has 0 unspecified atom stereocenters. The number of nitriles is 1. The number of nitrogens with one attached hydrogen (secondary N) is 2. The van der Waals surface area contributed by atoms with E-state index >= 15 is 0 Å². The summed E-state index contributed by atoms with van der Waals surface area (Å²) in [5.74, 6) is 0. The molecule has 1 fully saturated rings. The molecule has 0 aromatic heterocycles. The minimum absolute atomic E-state index is 0.0148. The van der Waals surface area contributed by atoms with Crippen LogP contribution in [0.4, 0.5) is 0 Å². The smallest absolute Gasteiger partial charge is 0.277 e. The first-order valence-corrected chi connectivity index (χ1v) is 6.92. The van der Waals surface area contributed by atoms with E-state index in [-0.39, 0.29) is 6.04 Å². The van der Waals surface area contributed by atoms with Crippen molar-refractivity contribution in [2.24, 2.45) is 0 Å². The van der Waals surface area contributed by atoms with Gasteiger partial charge in [-0.1, -0.05) is 6.92 Å². The SMILES string of the molecule is CCNS(=O)(=O)NC1CCN(CC#N)CC1. The quantitative estimate of drug-likeness (QED) is 0.635. The molecule has 6 nitrogen and oxygen atoms in total. The Morgan fingerprint density at radius 3 is 2.56 bits per heavy atom. The number of nitrogens with zero attached hydrogens (tertiary/aromatic N) is 2. The molecule has 0 aliphatic carbocycles. The molecule has 0 spiro atoms. The average molecular weight is 246 g/mol. The predicted octanol–water partition coefficient (Wildman–Crippen LogP) is -0.582. The Kier molecular flexibility index (Phi) is 5.15. The van der Waals surface area contributed by atoms with Crippen molar-refractivity contribution in [2.75, 3.05) is 26.2 Å². The number of rotatable bonds is 5. The lowest BCUT2D eigenvalue weighted by Crippen LogP contribution is -2.48. The molecular weight excluding hydrogens is 228 g/mol. The Morgan fingerprint density at radius 1 is 1.44 bits per heavy atom. The molecule has 2 N–H and O–H groups in total. The molecule has 1 heterocycles. The number of piperidine rings is 1. The summed E-state index contributed by atoms with van der Waals surface area (Å²) in [5, 5.41) is 8.53. The number of hydrogen-bond acceptors (Lipinski definition) is 4. The lowest BCUT2D eigenvalue weighted by atomic mass is 10.1. The molecule has 0 aromatic rings. The Hall–Kier alpha value is -0.680. The van der Waals surface area contributed by atoms with E-state index in [0.29, 0.717) is 13.1 Å². The van der Waals surface area contributed by atoms with Gasteiger partial charge < -0.3 is 0 Å². The van der Waals surface area contributed by atoms with Crippen LogP contribution in [0.2, 0.25) is 0 Å². The van der Waals surface area contributed by atoms with E-state index < -0.39 is 10.2 Å². The zero-order valence-electron chi connectivity index (χ0n) is 9.44. The van der Waals surface area contributed by atoms with Gasteiger partial charge in [0.15, 0.2) is 0 Å². The molecular formula is C9H18N4O2S. The Morgan fingerprint density at radius 2 is 2.06 bits per heavy atom. The summed E-state index contributed by atoms with van der Waals surface area (Å²) >= 11 is 0. The van der Waals surface area contributed by atoms with Gasteiger partial charge in [-0.05, 0) is 12.8 Å². The Balaban J connectivity index is 2.35. The minimum Gasteiger partial charge on any atom is -0.290 e. The van der Waals surface area contributed by atoms with Gasteiger partial charge in [-0.15, -0.1) is 0 Å². The lowest BCUT2D eigenvalue weighted by Gasteiger charge is -2.30. The monoisotopic (exact) mass is 246 g/mol. The van der Waals surface area contributed by atoms with E-state index in [4.69, 9.17) is 5.26 Å². The molecule has 92 valence electrons. The molecule has 16 heavy (non-hydrogen) atoms. The second-order valence-electron chi connectivity index (χ2n) is 3.83. The van der Waals surface area contributed by atoms with Gasteiger partial charge >= 0.3 is 0 Å². The van der Waals surface area contributed by atoms with E-state index in [0.717, 1.165) is 25.9 Å². The zero-order valence-corrected chi connectivity index (χ0v) is 10.3. The van der Waals surface area contributed by atoms with Gasteiger partial charge in [-0.25, -0.2) is 4.72 Å². The maximum absolute atomic E-state index is 11.4. The van der Waals surface area contributed by atoms with Gasteiger partial charge in [0.05, 0.1) is 12.6 Å². The van der Waals surface area contributed by atoms with Crippen LogP contribution < -0.4 is 9.44 Å². The summed E-state index contributed by atoms with van der Waals surface area (Å²) in [6.45, 7) is 4.10. The van der Waals surface area contributed by atoms with Crippen LogP contribution in [-0.4, -0.2) is 45.5 Å². The van der Waals surface area contributed by atoms with Crippen LogP contribution in [0.3, 0.4) is 0 Å². The standard InChI is InChI=1S/C9H18N4O2S/c1-2-11-16(14,15)12-9-3-6-13(7-4-9)8-5-10/h9,11-12H,2-4,6-8H2,1H3. The average Bonchev–Trinajstić information content (AvgIpc) is 2.21. The first kappa shape index (κ1) is 13.4. The van der Waals surface area contributed by atoms with E-state index in [1.54, 1.807) is 6.92 Å². The van der Waals surface area contributed by atoms with Crippen LogP contribution in [0, 0.1) is 11.3 Å². The van der Waals surface area contributed by atoms with E-state index in [2.05, 4.69) is 15.5 Å². The molecule has 0 aromatic carbocycles. The van der Waals surface area contributed by atoms with Crippen molar-refractivity contribution in [1.82, 2.24) is 14.3 Å². The highest BCUT2D eigenvalue weighted by Crippen LogP contribution is 2.10. The van der Waals surface area contributed by atoms with Crippen LogP contribution in [0.1, 0.15) is 19.8 Å². The summed E-state index contributed by atoms with van der Waals surface area (Å²) < 4.78 is 27.8. The second kappa shape index (κ2) is 6.15. The van der Waals surface area contributed by atoms with Crippen molar-refractivity contribution in [2.45, 2.75) is 25.8 Å². The van der Waals surface area contributed by atoms with Gasteiger partial charge in [0.2, 0.25) is 0 Å². The first-order valence-electron chi connectivity index (χ1n) is 5.43. The van der Waals surface area contributed by atoms with Crippen LogP contribution in [-0.2, 0) is 10.2 Å². The van der Waals surface area contributed by atoms with Gasteiger partial charge in [0.25, 0.3) is 10.2 Å². The fourth-order valence-electron chi connectivity index (χ4n) is 1.76. The molecule has 0 atom stereocenters. The molecule has 0 saturated carbocycles. The highest BCUT2D eigenvalue weighted by Gasteiger charge is 2.22. The molecule has 1 aliphatic rings. The fraction of sp³-hybridized carbons (Fsp3) is 0.889. The third-order valence-electron chi connectivity index (χ3n) is 2.54. The van der Waals surface area contributed by atoms with Crippen molar-refractivity contribution < 1.29 is 8.42 Å². The summed E-state index contributed by atoms with van der Waals surface area (Å²) in [6, 6.07) is 2.08. The number of hydrogen-bond donors (Lipinski definition) is 2. The van der Waals surface area contributed by atoms with Crippen molar-refractivity contribution in [3.05, 3.63) is 0 Å². The normalized spacial score (nSPS) is 19.5. The molecule has 1 saturated heterocycles. The summed E-state index contributed by atoms with van der Waals surface area (Å²) in [4.78, 5) is 2.03. The topological polar surface area (TPSA) is 85.2 Å². The van der Waals surface area contributed by atoms with Crippen LogP contribution in [0.25, 0.3) is 0 Å². The molecule has 7 heteroatoms. The molecule has 1 rings (SSSR count). The largest absolute Gasteiger partial charge is 0.290 e. The van der Waals surface area contributed by atoms with E-state index in [1.165, 1.54) is 0 Å². The van der Waals surface area contributed by atoms with Gasteiger partial charge in [-0.2, -0.15) is 18.4 Å².